The number of rotatable bonds is 39. The van der Waals surface area contributed by atoms with Crippen molar-refractivity contribution >= 4 is 19.8 Å². The average Bonchev–Trinajstić information content (AvgIpc) is 3.17. The number of hydrogen-bond donors (Lipinski definition) is 2. The minimum Gasteiger partial charge on any atom is -0.462 e. The van der Waals surface area contributed by atoms with Gasteiger partial charge >= 0.3 is 19.8 Å². The normalized spacial score (nSPS) is 13.3. The molecule has 1 atom stereocenters. The summed E-state index contributed by atoms with van der Waals surface area (Å²) in [6.45, 7) is 3.50. The van der Waals surface area contributed by atoms with Crippen LogP contribution in [0.5, 0.6) is 0 Å². The zero-order valence-corrected chi connectivity index (χ0v) is 36.1. The van der Waals surface area contributed by atoms with Gasteiger partial charge in [0.05, 0.1) is 6.61 Å². The van der Waals surface area contributed by atoms with Crippen LogP contribution in [-0.4, -0.2) is 41.0 Å². The fourth-order valence-electron chi connectivity index (χ4n) is 5.69. The van der Waals surface area contributed by atoms with Gasteiger partial charge in [0.25, 0.3) is 0 Å². The standard InChI is InChI=1S/C47H79O8P/c1-3-5-7-9-11-13-15-17-19-21-23-25-27-29-31-33-35-37-39-41-46(48)53-43-45(44-54-56(50,51)52)55-47(49)42-40-38-36-34-32-30-28-26-24-22-20-18-16-14-12-10-8-6-4-2/h5,7,11,13,17,19,22-25,29,31,35,37,45H,3-4,6,8-10,12,14-16,18,20-21,26-28,30,32-34,36,38-44H2,1-2H3,(H2,50,51,52)/b7-5-,13-11-,19-17-,24-22-,25-23-,31-29-,37-35-/t45-/m1/s1. The monoisotopic (exact) mass is 803 g/mol. The maximum atomic E-state index is 12.4. The Morgan fingerprint density at radius 2 is 0.893 bits per heavy atom. The van der Waals surface area contributed by atoms with Crippen LogP contribution in [-0.2, 0) is 28.2 Å². The number of phosphoric ester groups is 1. The summed E-state index contributed by atoms with van der Waals surface area (Å²) in [5.74, 6) is -0.992. The quantitative estimate of drug-likeness (QED) is 0.0273. The Labute approximate surface area is 342 Å². The van der Waals surface area contributed by atoms with E-state index >= 15 is 0 Å². The van der Waals surface area contributed by atoms with Crippen molar-refractivity contribution in [2.45, 2.75) is 187 Å². The Hall–Kier alpha value is -2.77. The summed E-state index contributed by atoms with van der Waals surface area (Å²) in [5, 5.41) is 0. The van der Waals surface area contributed by atoms with Crippen LogP contribution < -0.4 is 0 Å². The first-order valence-corrected chi connectivity index (χ1v) is 23.4. The molecule has 56 heavy (non-hydrogen) atoms. The molecule has 0 rings (SSSR count). The molecule has 320 valence electrons. The second kappa shape index (κ2) is 41.9. The Bertz CT molecular complexity index is 1180. The summed E-state index contributed by atoms with van der Waals surface area (Å²) in [6, 6.07) is 0. The van der Waals surface area contributed by atoms with Crippen molar-refractivity contribution in [3.05, 3.63) is 85.1 Å². The Morgan fingerprint density at radius 3 is 1.36 bits per heavy atom. The summed E-state index contributed by atoms with van der Waals surface area (Å²) in [4.78, 5) is 42.9. The molecular formula is C47H79O8P. The van der Waals surface area contributed by atoms with Gasteiger partial charge in [-0.1, -0.05) is 176 Å². The van der Waals surface area contributed by atoms with E-state index < -0.39 is 32.5 Å². The topological polar surface area (TPSA) is 119 Å². The van der Waals surface area contributed by atoms with Gasteiger partial charge in [0, 0.05) is 12.8 Å². The molecule has 0 saturated heterocycles. The predicted octanol–water partition coefficient (Wildman–Crippen LogP) is 13.6. The van der Waals surface area contributed by atoms with Crippen LogP contribution in [0.3, 0.4) is 0 Å². The van der Waals surface area contributed by atoms with Gasteiger partial charge in [-0.15, -0.1) is 0 Å². The first-order chi connectivity index (χ1) is 27.3. The second-order valence-electron chi connectivity index (χ2n) is 14.3. The fourth-order valence-corrected chi connectivity index (χ4v) is 6.05. The number of esters is 2. The highest BCUT2D eigenvalue weighted by molar-refractivity contribution is 7.46. The summed E-state index contributed by atoms with van der Waals surface area (Å²) in [7, 11) is -4.78. The van der Waals surface area contributed by atoms with Gasteiger partial charge < -0.3 is 19.3 Å². The average molecular weight is 803 g/mol. The summed E-state index contributed by atoms with van der Waals surface area (Å²) in [5.41, 5.74) is 0. The first kappa shape index (κ1) is 53.2. The molecule has 0 amide bonds. The van der Waals surface area contributed by atoms with Crippen LogP contribution in [0.2, 0.25) is 0 Å². The van der Waals surface area contributed by atoms with E-state index in [1.165, 1.54) is 77.0 Å². The third-order valence-corrected chi connectivity index (χ3v) is 9.40. The Kier molecular flexibility index (Phi) is 39.8. The number of unbranched alkanes of at least 4 members (excludes halogenated alkanes) is 15. The number of phosphoric acid groups is 1. The fraction of sp³-hybridized carbons (Fsp3) is 0.660. The van der Waals surface area contributed by atoms with Crippen molar-refractivity contribution in [3.63, 3.8) is 0 Å². The maximum Gasteiger partial charge on any atom is 0.469 e. The highest BCUT2D eigenvalue weighted by atomic mass is 31.2. The molecule has 8 nitrogen and oxygen atoms in total. The van der Waals surface area contributed by atoms with Crippen molar-refractivity contribution in [1.82, 2.24) is 0 Å². The van der Waals surface area contributed by atoms with Crippen LogP contribution in [0.15, 0.2) is 85.1 Å². The third kappa shape index (κ3) is 44.0. The molecule has 0 aliphatic carbocycles. The van der Waals surface area contributed by atoms with Crippen molar-refractivity contribution in [3.8, 4) is 0 Å². The number of hydrogen-bond acceptors (Lipinski definition) is 6. The zero-order chi connectivity index (χ0) is 41.1. The van der Waals surface area contributed by atoms with Crippen molar-refractivity contribution in [1.29, 1.82) is 0 Å². The van der Waals surface area contributed by atoms with Gasteiger partial charge in [-0.3, -0.25) is 14.1 Å². The molecule has 0 fully saturated rings. The molecule has 0 radical (unpaired) electrons. The van der Waals surface area contributed by atoms with Crippen molar-refractivity contribution in [2.75, 3.05) is 13.2 Å². The highest BCUT2D eigenvalue weighted by Gasteiger charge is 2.22. The number of ether oxygens (including phenoxy) is 2. The Morgan fingerprint density at radius 1 is 0.482 bits per heavy atom. The van der Waals surface area contributed by atoms with Gasteiger partial charge in [-0.05, 0) is 77.0 Å². The Balaban J connectivity index is 4.04. The third-order valence-electron chi connectivity index (χ3n) is 8.91. The lowest BCUT2D eigenvalue weighted by Crippen LogP contribution is -2.29. The minimum atomic E-state index is -4.78. The highest BCUT2D eigenvalue weighted by Crippen LogP contribution is 2.36. The second-order valence-corrected chi connectivity index (χ2v) is 15.5. The maximum absolute atomic E-state index is 12.4. The van der Waals surface area contributed by atoms with Crippen LogP contribution in [0.4, 0.5) is 0 Å². The molecule has 9 heteroatoms. The van der Waals surface area contributed by atoms with Gasteiger partial charge in [0.15, 0.2) is 6.10 Å². The van der Waals surface area contributed by atoms with E-state index in [4.69, 9.17) is 19.3 Å². The van der Waals surface area contributed by atoms with E-state index in [0.717, 1.165) is 64.2 Å². The van der Waals surface area contributed by atoms with E-state index in [1.807, 2.05) is 12.2 Å². The predicted molar refractivity (Wildman–Crippen MR) is 234 cm³/mol. The molecule has 2 N–H and O–H groups in total. The lowest BCUT2D eigenvalue weighted by Gasteiger charge is -2.18. The summed E-state index contributed by atoms with van der Waals surface area (Å²) >= 11 is 0. The number of carbonyl (C=O) groups excluding carboxylic acids is 2. The van der Waals surface area contributed by atoms with Gasteiger partial charge in [-0.25, -0.2) is 4.57 Å². The lowest BCUT2D eigenvalue weighted by atomic mass is 10.1. The molecule has 0 aromatic heterocycles. The van der Waals surface area contributed by atoms with E-state index in [9.17, 15) is 14.2 Å². The van der Waals surface area contributed by atoms with E-state index in [1.54, 1.807) is 0 Å². The van der Waals surface area contributed by atoms with Crippen molar-refractivity contribution in [2.24, 2.45) is 0 Å². The number of allylic oxidation sites excluding steroid dienone is 14. The molecule has 0 aliphatic heterocycles. The first-order valence-electron chi connectivity index (χ1n) is 21.9. The van der Waals surface area contributed by atoms with E-state index in [-0.39, 0.29) is 19.4 Å². The lowest BCUT2D eigenvalue weighted by molar-refractivity contribution is -0.161. The SMILES string of the molecule is CC/C=C\C/C=C\C/C=C\C/C=C\C/C=C\C/C=C\CCC(=O)OC[C@H](COP(=O)(O)O)OC(=O)CCCCCCCCC/C=C\CCCCCCCCCC. The number of carbonyl (C=O) groups is 2. The van der Waals surface area contributed by atoms with Gasteiger partial charge in [0.2, 0.25) is 0 Å². The summed E-state index contributed by atoms with van der Waals surface area (Å²) < 4.78 is 26.3. The van der Waals surface area contributed by atoms with Crippen LogP contribution in [0, 0.1) is 0 Å². The van der Waals surface area contributed by atoms with Crippen LogP contribution in [0.25, 0.3) is 0 Å². The molecule has 0 heterocycles. The molecule has 0 saturated carbocycles. The van der Waals surface area contributed by atoms with Crippen LogP contribution in [0.1, 0.15) is 181 Å². The summed E-state index contributed by atoms with van der Waals surface area (Å²) in [6.07, 6.45) is 56.0. The molecule has 0 aromatic carbocycles. The van der Waals surface area contributed by atoms with Crippen molar-refractivity contribution < 1.29 is 37.9 Å². The molecule has 0 unspecified atom stereocenters. The molecule has 0 bridgehead atoms. The van der Waals surface area contributed by atoms with Crippen LogP contribution >= 0.6 is 7.82 Å². The van der Waals surface area contributed by atoms with Gasteiger partial charge in [-0.2, -0.15) is 0 Å². The minimum absolute atomic E-state index is 0.137. The van der Waals surface area contributed by atoms with E-state index in [2.05, 4.69) is 91.3 Å². The van der Waals surface area contributed by atoms with E-state index in [0.29, 0.717) is 12.8 Å². The smallest absolute Gasteiger partial charge is 0.462 e. The largest absolute Gasteiger partial charge is 0.469 e. The molecule has 0 spiro atoms. The molecule has 0 aromatic rings. The van der Waals surface area contributed by atoms with Gasteiger partial charge in [0.1, 0.15) is 6.61 Å². The zero-order valence-electron chi connectivity index (χ0n) is 35.3. The molecular weight excluding hydrogens is 723 g/mol. The molecule has 0 aliphatic rings.